The number of nitrogens with zero attached hydrogens (tertiary/aromatic N) is 1. The topological polar surface area (TPSA) is 80.8 Å². The van der Waals surface area contributed by atoms with Crippen LogP contribution in [0.2, 0.25) is 0 Å². The average Bonchev–Trinajstić information content (AvgIpc) is 3.07. The Morgan fingerprint density at radius 1 is 1.08 bits per heavy atom. The SMILES string of the molecule is CCN(CC)S(=O)(=O)c1ccc(C(=O)OCC(=O)c2ccc(Br)s2)cc1. The van der Waals surface area contributed by atoms with E-state index in [9.17, 15) is 18.0 Å². The van der Waals surface area contributed by atoms with E-state index >= 15 is 0 Å². The molecule has 0 aliphatic carbocycles. The van der Waals surface area contributed by atoms with Crippen LogP contribution in [0.4, 0.5) is 0 Å². The highest BCUT2D eigenvalue weighted by atomic mass is 79.9. The summed E-state index contributed by atoms with van der Waals surface area (Å²) in [5.41, 5.74) is 0.184. The van der Waals surface area contributed by atoms with Crippen molar-refractivity contribution in [2.75, 3.05) is 19.7 Å². The fourth-order valence-corrected chi connectivity index (χ4v) is 4.99. The molecule has 26 heavy (non-hydrogen) atoms. The van der Waals surface area contributed by atoms with E-state index in [-0.39, 0.29) is 22.8 Å². The summed E-state index contributed by atoms with van der Waals surface area (Å²) < 4.78 is 32.0. The maximum Gasteiger partial charge on any atom is 0.338 e. The molecule has 0 atom stereocenters. The predicted octanol–water partition coefficient (Wildman–Crippen LogP) is 3.58. The van der Waals surface area contributed by atoms with Crippen LogP contribution in [0.3, 0.4) is 0 Å². The van der Waals surface area contributed by atoms with Gasteiger partial charge in [-0.15, -0.1) is 11.3 Å². The Kier molecular flexibility index (Phi) is 7.10. The van der Waals surface area contributed by atoms with E-state index in [1.807, 2.05) is 0 Å². The maximum atomic E-state index is 12.4. The van der Waals surface area contributed by atoms with Gasteiger partial charge in [-0.3, -0.25) is 4.79 Å². The lowest BCUT2D eigenvalue weighted by atomic mass is 10.2. The van der Waals surface area contributed by atoms with Crippen molar-refractivity contribution in [2.45, 2.75) is 18.7 Å². The van der Waals surface area contributed by atoms with Gasteiger partial charge in [0.15, 0.2) is 6.61 Å². The number of hydrogen-bond acceptors (Lipinski definition) is 6. The highest BCUT2D eigenvalue weighted by Crippen LogP contribution is 2.22. The lowest BCUT2D eigenvalue weighted by Crippen LogP contribution is -2.30. The molecule has 0 fully saturated rings. The molecule has 1 aromatic heterocycles. The summed E-state index contributed by atoms with van der Waals surface area (Å²) in [6.07, 6.45) is 0. The van der Waals surface area contributed by atoms with Crippen molar-refractivity contribution in [3.63, 3.8) is 0 Å². The highest BCUT2D eigenvalue weighted by molar-refractivity contribution is 9.11. The molecule has 0 spiro atoms. The molecular formula is C17H18BrNO5S2. The van der Waals surface area contributed by atoms with Crippen LogP contribution in [0, 0.1) is 0 Å². The maximum absolute atomic E-state index is 12.4. The Labute approximate surface area is 165 Å². The fraction of sp³-hybridized carbons (Fsp3) is 0.294. The fourth-order valence-electron chi connectivity index (χ4n) is 2.23. The van der Waals surface area contributed by atoms with Crippen molar-refractivity contribution in [1.29, 1.82) is 0 Å². The molecule has 0 saturated carbocycles. The van der Waals surface area contributed by atoms with E-state index in [2.05, 4.69) is 15.9 Å². The summed E-state index contributed by atoms with van der Waals surface area (Å²) in [7, 11) is -3.58. The minimum Gasteiger partial charge on any atom is -0.454 e. The molecule has 2 rings (SSSR count). The second kappa shape index (κ2) is 8.90. The summed E-state index contributed by atoms with van der Waals surface area (Å²) >= 11 is 4.53. The van der Waals surface area contributed by atoms with Crippen molar-refractivity contribution in [1.82, 2.24) is 4.31 Å². The molecule has 0 saturated heterocycles. The Bertz CT molecular complexity index is 886. The minimum absolute atomic E-state index is 0.109. The van der Waals surface area contributed by atoms with Crippen LogP contribution in [-0.4, -0.2) is 44.2 Å². The second-order valence-electron chi connectivity index (χ2n) is 5.22. The molecule has 6 nitrogen and oxygen atoms in total. The number of esters is 1. The van der Waals surface area contributed by atoms with Crippen molar-refractivity contribution >= 4 is 49.0 Å². The number of carbonyl (C=O) groups excluding carboxylic acids is 2. The summed E-state index contributed by atoms with van der Waals surface area (Å²) in [5, 5.41) is 0. The number of benzene rings is 1. The average molecular weight is 460 g/mol. The number of sulfonamides is 1. The number of thiophene rings is 1. The third kappa shape index (κ3) is 4.79. The third-order valence-corrected chi connectivity index (χ3v) is 7.34. The molecule has 2 aromatic rings. The quantitative estimate of drug-likeness (QED) is 0.445. The summed E-state index contributed by atoms with van der Waals surface area (Å²) in [4.78, 5) is 24.6. The molecule has 0 radical (unpaired) electrons. The highest BCUT2D eigenvalue weighted by Gasteiger charge is 2.22. The van der Waals surface area contributed by atoms with Gasteiger partial charge in [-0.05, 0) is 52.3 Å². The number of carbonyl (C=O) groups is 2. The molecule has 140 valence electrons. The van der Waals surface area contributed by atoms with Crippen LogP contribution in [0.25, 0.3) is 0 Å². The summed E-state index contributed by atoms with van der Waals surface area (Å²) in [6.45, 7) is 3.88. The van der Waals surface area contributed by atoms with Crippen molar-refractivity contribution < 1.29 is 22.7 Å². The van der Waals surface area contributed by atoms with Crippen molar-refractivity contribution in [3.05, 3.63) is 50.6 Å². The van der Waals surface area contributed by atoms with Gasteiger partial charge in [-0.25, -0.2) is 13.2 Å². The molecule has 0 amide bonds. The van der Waals surface area contributed by atoms with Crippen LogP contribution < -0.4 is 0 Å². The van der Waals surface area contributed by atoms with Gasteiger partial charge in [0.2, 0.25) is 15.8 Å². The smallest absolute Gasteiger partial charge is 0.338 e. The Balaban J connectivity index is 2.03. The first-order valence-electron chi connectivity index (χ1n) is 7.85. The molecule has 0 bridgehead atoms. The predicted molar refractivity (Wildman–Crippen MR) is 103 cm³/mol. The lowest BCUT2D eigenvalue weighted by Gasteiger charge is -2.18. The van der Waals surface area contributed by atoms with Gasteiger partial charge >= 0.3 is 5.97 Å². The van der Waals surface area contributed by atoms with Gasteiger partial charge in [-0.1, -0.05) is 13.8 Å². The molecular weight excluding hydrogens is 442 g/mol. The Hall–Kier alpha value is -1.55. The van der Waals surface area contributed by atoms with Crippen molar-refractivity contribution in [2.24, 2.45) is 0 Å². The number of Topliss-reactive ketones (excluding diaryl/α,β-unsaturated/α-hetero) is 1. The van der Waals surface area contributed by atoms with E-state index in [1.54, 1.807) is 26.0 Å². The number of hydrogen-bond donors (Lipinski definition) is 0. The number of rotatable bonds is 8. The van der Waals surface area contributed by atoms with Gasteiger partial charge < -0.3 is 4.74 Å². The van der Waals surface area contributed by atoms with E-state index in [4.69, 9.17) is 4.74 Å². The van der Waals surface area contributed by atoms with Crippen molar-refractivity contribution in [3.8, 4) is 0 Å². The molecule has 1 aromatic carbocycles. The number of ether oxygens (including phenoxy) is 1. The monoisotopic (exact) mass is 459 g/mol. The Morgan fingerprint density at radius 3 is 2.19 bits per heavy atom. The van der Waals surface area contributed by atoms with Crippen LogP contribution in [-0.2, 0) is 14.8 Å². The molecule has 9 heteroatoms. The Morgan fingerprint density at radius 2 is 1.69 bits per heavy atom. The minimum atomic E-state index is -3.58. The zero-order chi connectivity index (χ0) is 19.3. The zero-order valence-electron chi connectivity index (χ0n) is 14.3. The normalized spacial score (nSPS) is 11.5. The molecule has 0 aliphatic rings. The van der Waals surface area contributed by atoms with E-state index in [1.165, 1.54) is 39.9 Å². The largest absolute Gasteiger partial charge is 0.454 e. The van der Waals surface area contributed by atoms with Crippen LogP contribution in [0.1, 0.15) is 33.9 Å². The van der Waals surface area contributed by atoms with Crippen LogP contribution >= 0.6 is 27.3 Å². The second-order valence-corrected chi connectivity index (χ2v) is 9.62. The van der Waals surface area contributed by atoms with E-state index in [0.717, 1.165) is 3.79 Å². The van der Waals surface area contributed by atoms with Crippen LogP contribution in [0.15, 0.2) is 45.1 Å². The first-order valence-corrected chi connectivity index (χ1v) is 10.9. The number of halogens is 1. The van der Waals surface area contributed by atoms with Gasteiger partial charge in [0.05, 0.1) is 19.1 Å². The summed E-state index contributed by atoms with van der Waals surface area (Å²) in [5.74, 6) is -0.976. The lowest BCUT2D eigenvalue weighted by molar-refractivity contribution is 0.0475. The van der Waals surface area contributed by atoms with E-state index in [0.29, 0.717) is 18.0 Å². The van der Waals surface area contributed by atoms with Gasteiger partial charge in [0.25, 0.3) is 0 Å². The molecule has 0 unspecified atom stereocenters. The zero-order valence-corrected chi connectivity index (χ0v) is 17.5. The first-order chi connectivity index (χ1) is 12.3. The van der Waals surface area contributed by atoms with Gasteiger partial charge in [-0.2, -0.15) is 4.31 Å². The molecule has 1 heterocycles. The number of ketones is 1. The third-order valence-electron chi connectivity index (χ3n) is 3.62. The van der Waals surface area contributed by atoms with Gasteiger partial charge in [0, 0.05) is 13.1 Å². The standard InChI is InChI=1S/C17H18BrNO5S2/c1-3-19(4-2)26(22,23)13-7-5-12(6-8-13)17(21)24-11-14(20)15-9-10-16(18)25-15/h5-10H,3-4,11H2,1-2H3. The molecule has 0 aliphatic heterocycles. The molecule has 0 N–H and O–H groups in total. The van der Waals surface area contributed by atoms with E-state index < -0.39 is 16.0 Å². The first kappa shape index (κ1) is 20.8. The van der Waals surface area contributed by atoms with Gasteiger partial charge in [0.1, 0.15) is 0 Å². The van der Waals surface area contributed by atoms with Crippen LogP contribution in [0.5, 0.6) is 0 Å². The summed E-state index contributed by atoms with van der Waals surface area (Å²) in [6, 6.07) is 8.88.